The molecule has 0 saturated carbocycles. The molecule has 1 aromatic heterocycles. The molecular formula is C14H25N5O. The lowest BCUT2D eigenvalue weighted by molar-refractivity contribution is -0.122. The highest BCUT2D eigenvalue weighted by molar-refractivity contribution is 5.84. The summed E-state index contributed by atoms with van der Waals surface area (Å²) in [4.78, 5) is 20.7. The Morgan fingerprint density at radius 2 is 1.90 bits per heavy atom. The molecule has 112 valence electrons. The summed E-state index contributed by atoms with van der Waals surface area (Å²) in [5.74, 6) is 2.15. The predicted molar refractivity (Wildman–Crippen MR) is 81.9 cm³/mol. The summed E-state index contributed by atoms with van der Waals surface area (Å²) in [5.41, 5.74) is 0. The SMILES string of the molecule is CCCc1nc(NC)cc(NC(C)C(=O)NC(C)C)n1. The standard InChI is InChI=1S/C14H25N5O/c1-6-7-11-18-12(15-5)8-13(19-11)17-10(4)14(20)16-9(2)3/h8-10H,6-7H2,1-5H3,(H,16,20)(H2,15,17,18,19). The van der Waals surface area contributed by atoms with E-state index in [4.69, 9.17) is 0 Å². The minimum atomic E-state index is -0.341. The highest BCUT2D eigenvalue weighted by atomic mass is 16.2. The number of anilines is 2. The zero-order valence-corrected chi connectivity index (χ0v) is 12.9. The monoisotopic (exact) mass is 279 g/mol. The van der Waals surface area contributed by atoms with E-state index in [0.29, 0.717) is 5.82 Å². The van der Waals surface area contributed by atoms with E-state index in [2.05, 4.69) is 32.8 Å². The van der Waals surface area contributed by atoms with Crippen LogP contribution >= 0.6 is 0 Å². The van der Waals surface area contributed by atoms with Crippen LogP contribution in [0, 0.1) is 0 Å². The van der Waals surface area contributed by atoms with Gasteiger partial charge in [0.2, 0.25) is 5.91 Å². The van der Waals surface area contributed by atoms with Crippen LogP contribution in [0.2, 0.25) is 0 Å². The Morgan fingerprint density at radius 1 is 1.25 bits per heavy atom. The molecule has 0 fully saturated rings. The zero-order chi connectivity index (χ0) is 15.1. The van der Waals surface area contributed by atoms with E-state index in [-0.39, 0.29) is 18.0 Å². The fourth-order valence-electron chi connectivity index (χ4n) is 1.73. The first-order chi connectivity index (χ1) is 9.46. The molecule has 0 aliphatic carbocycles. The molecule has 6 nitrogen and oxygen atoms in total. The van der Waals surface area contributed by atoms with Gasteiger partial charge in [-0.3, -0.25) is 4.79 Å². The van der Waals surface area contributed by atoms with Crippen molar-refractivity contribution in [1.82, 2.24) is 15.3 Å². The normalized spacial score (nSPS) is 12.1. The quantitative estimate of drug-likeness (QED) is 0.709. The van der Waals surface area contributed by atoms with E-state index in [1.165, 1.54) is 0 Å². The summed E-state index contributed by atoms with van der Waals surface area (Å²) in [6, 6.07) is 1.59. The third kappa shape index (κ3) is 5.03. The van der Waals surface area contributed by atoms with Crippen molar-refractivity contribution >= 4 is 17.5 Å². The van der Waals surface area contributed by atoms with Crippen molar-refractivity contribution in [1.29, 1.82) is 0 Å². The van der Waals surface area contributed by atoms with Gasteiger partial charge in [-0.2, -0.15) is 0 Å². The molecule has 0 radical (unpaired) electrons. The van der Waals surface area contributed by atoms with Crippen molar-refractivity contribution < 1.29 is 4.79 Å². The van der Waals surface area contributed by atoms with Crippen molar-refractivity contribution in [3.63, 3.8) is 0 Å². The number of aromatic nitrogens is 2. The van der Waals surface area contributed by atoms with Gasteiger partial charge >= 0.3 is 0 Å². The molecule has 1 amide bonds. The molecule has 3 N–H and O–H groups in total. The third-order valence-electron chi connectivity index (χ3n) is 2.69. The van der Waals surface area contributed by atoms with E-state index < -0.39 is 0 Å². The lowest BCUT2D eigenvalue weighted by Crippen LogP contribution is -2.41. The molecule has 0 spiro atoms. The molecule has 0 aromatic carbocycles. The Morgan fingerprint density at radius 3 is 2.45 bits per heavy atom. The Kier molecular flexibility index (Phi) is 6.21. The second-order valence-corrected chi connectivity index (χ2v) is 5.08. The minimum absolute atomic E-state index is 0.0401. The molecule has 0 aliphatic rings. The average molecular weight is 279 g/mol. The number of carbonyl (C=O) groups is 1. The summed E-state index contributed by atoms with van der Waals surface area (Å²) in [5, 5.41) is 9.00. The summed E-state index contributed by atoms with van der Waals surface area (Å²) in [6.45, 7) is 7.78. The predicted octanol–water partition coefficient (Wildman–Crippen LogP) is 1.80. The van der Waals surface area contributed by atoms with E-state index in [9.17, 15) is 4.79 Å². The van der Waals surface area contributed by atoms with Crippen LogP contribution in [0.4, 0.5) is 11.6 Å². The molecule has 6 heteroatoms. The van der Waals surface area contributed by atoms with Gasteiger partial charge in [-0.05, 0) is 27.2 Å². The van der Waals surface area contributed by atoms with Crippen LogP contribution in [0.15, 0.2) is 6.07 Å². The Balaban J connectivity index is 2.80. The van der Waals surface area contributed by atoms with Gasteiger partial charge in [0, 0.05) is 25.6 Å². The van der Waals surface area contributed by atoms with Crippen molar-refractivity contribution in [3.05, 3.63) is 11.9 Å². The number of nitrogens with one attached hydrogen (secondary N) is 3. The van der Waals surface area contributed by atoms with Gasteiger partial charge in [0.05, 0.1) is 0 Å². The van der Waals surface area contributed by atoms with Crippen molar-refractivity contribution in [3.8, 4) is 0 Å². The van der Waals surface area contributed by atoms with E-state index in [0.717, 1.165) is 24.5 Å². The van der Waals surface area contributed by atoms with Crippen molar-refractivity contribution in [2.24, 2.45) is 0 Å². The topological polar surface area (TPSA) is 78.9 Å². The summed E-state index contributed by atoms with van der Waals surface area (Å²) in [6.07, 6.45) is 1.80. The van der Waals surface area contributed by atoms with Crippen LogP contribution in [0.25, 0.3) is 0 Å². The maximum atomic E-state index is 11.9. The summed E-state index contributed by atoms with van der Waals surface area (Å²) >= 11 is 0. The first-order valence-electron chi connectivity index (χ1n) is 7.08. The summed E-state index contributed by atoms with van der Waals surface area (Å²) < 4.78 is 0. The Labute approximate surface area is 120 Å². The molecule has 1 atom stereocenters. The molecular weight excluding hydrogens is 254 g/mol. The Bertz CT molecular complexity index is 447. The Hall–Kier alpha value is -1.85. The van der Waals surface area contributed by atoms with E-state index >= 15 is 0 Å². The average Bonchev–Trinajstić information content (AvgIpc) is 2.37. The molecule has 1 heterocycles. The molecule has 1 aromatic rings. The molecule has 1 rings (SSSR count). The molecule has 0 aliphatic heterocycles. The zero-order valence-electron chi connectivity index (χ0n) is 12.9. The number of amides is 1. The van der Waals surface area contributed by atoms with Crippen LogP contribution in [-0.4, -0.2) is 35.0 Å². The maximum absolute atomic E-state index is 11.9. The van der Waals surface area contributed by atoms with Gasteiger partial charge in [0.15, 0.2) is 0 Å². The van der Waals surface area contributed by atoms with Crippen molar-refractivity contribution in [2.45, 2.75) is 52.6 Å². The first kappa shape index (κ1) is 16.2. The smallest absolute Gasteiger partial charge is 0.242 e. The van der Waals surface area contributed by atoms with Crippen LogP contribution in [0.5, 0.6) is 0 Å². The van der Waals surface area contributed by atoms with Crippen LogP contribution in [0.1, 0.15) is 39.9 Å². The van der Waals surface area contributed by atoms with Gasteiger partial charge in [-0.1, -0.05) is 6.92 Å². The van der Waals surface area contributed by atoms with E-state index in [1.54, 1.807) is 6.07 Å². The number of aryl methyl sites for hydroxylation is 1. The largest absolute Gasteiger partial charge is 0.373 e. The first-order valence-corrected chi connectivity index (χ1v) is 7.08. The molecule has 0 saturated heterocycles. The van der Waals surface area contributed by atoms with Crippen LogP contribution in [-0.2, 0) is 11.2 Å². The third-order valence-corrected chi connectivity index (χ3v) is 2.69. The fourth-order valence-corrected chi connectivity index (χ4v) is 1.73. The van der Waals surface area contributed by atoms with Crippen LogP contribution in [0.3, 0.4) is 0 Å². The highest BCUT2D eigenvalue weighted by Crippen LogP contribution is 2.13. The van der Waals surface area contributed by atoms with Gasteiger partial charge in [-0.15, -0.1) is 0 Å². The molecule has 1 unspecified atom stereocenters. The lowest BCUT2D eigenvalue weighted by Gasteiger charge is -2.17. The molecule has 20 heavy (non-hydrogen) atoms. The number of carbonyl (C=O) groups excluding carboxylic acids is 1. The summed E-state index contributed by atoms with van der Waals surface area (Å²) in [7, 11) is 1.82. The maximum Gasteiger partial charge on any atom is 0.242 e. The van der Waals surface area contributed by atoms with Crippen molar-refractivity contribution in [2.75, 3.05) is 17.7 Å². The van der Waals surface area contributed by atoms with Gasteiger partial charge in [-0.25, -0.2) is 9.97 Å². The van der Waals surface area contributed by atoms with Gasteiger partial charge in [0.25, 0.3) is 0 Å². The second-order valence-electron chi connectivity index (χ2n) is 5.08. The van der Waals surface area contributed by atoms with Gasteiger partial charge in [0.1, 0.15) is 23.5 Å². The number of rotatable bonds is 7. The second kappa shape index (κ2) is 7.67. The lowest BCUT2D eigenvalue weighted by atomic mass is 10.2. The number of nitrogens with zero attached hydrogens (tertiary/aromatic N) is 2. The molecule has 0 bridgehead atoms. The fraction of sp³-hybridized carbons (Fsp3) is 0.643. The van der Waals surface area contributed by atoms with Crippen LogP contribution < -0.4 is 16.0 Å². The van der Waals surface area contributed by atoms with E-state index in [1.807, 2.05) is 27.8 Å². The highest BCUT2D eigenvalue weighted by Gasteiger charge is 2.14. The number of hydrogen-bond acceptors (Lipinski definition) is 5. The minimum Gasteiger partial charge on any atom is -0.373 e. The van der Waals surface area contributed by atoms with Gasteiger partial charge < -0.3 is 16.0 Å². The number of hydrogen-bond donors (Lipinski definition) is 3.